The number of aromatic nitrogens is 2. The second-order valence-corrected chi connectivity index (χ2v) is 6.72. The molecule has 114 valence electrons. The third-order valence-electron chi connectivity index (χ3n) is 3.05. The fourth-order valence-corrected chi connectivity index (χ4v) is 2.51. The molecule has 0 fully saturated rings. The predicted octanol–water partition coefficient (Wildman–Crippen LogP) is 1.55. The third kappa shape index (κ3) is 4.30. The van der Waals surface area contributed by atoms with Crippen molar-refractivity contribution < 1.29 is 13.2 Å². The second-order valence-electron chi connectivity index (χ2n) is 4.71. The first-order valence-corrected chi connectivity index (χ1v) is 8.43. The molecule has 0 bridgehead atoms. The van der Waals surface area contributed by atoms with E-state index in [0.717, 1.165) is 18.1 Å². The molecule has 2 aromatic rings. The van der Waals surface area contributed by atoms with Crippen LogP contribution in [0.4, 0.5) is 5.95 Å². The highest BCUT2D eigenvalue weighted by Gasteiger charge is 2.06. The van der Waals surface area contributed by atoms with Gasteiger partial charge in [-0.1, -0.05) is 12.1 Å². The Kier molecular flexibility index (Phi) is 4.98. The Morgan fingerprint density at radius 2 is 2.00 bits per heavy atom. The van der Waals surface area contributed by atoms with E-state index in [1.54, 1.807) is 37.6 Å². The van der Waals surface area contributed by atoms with Crippen molar-refractivity contribution in [3.05, 3.63) is 42.2 Å². The average molecular weight is 309 g/mol. The summed E-state index contributed by atoms with van der Waals surface area (Å²) in [4.78, 5) is 4.57. The topological polar surface area (TPSA) is 73.2 Å². The number of ether oxygens (including phenoxy) is 1. The molecule has 21 heavy (non-hydrogen) atoms. The zero-order valence-electron chi connectivity index (χ0n) is 12.1. The molecule has 1 aromatic carbocycles. The summed E-state index contributed by atoms with van der Waals surface area (Å²) in [7, 11) is -1.49. The van der Waals surface area contributed by atoms with E-state index in [4.69, 9.17) is 4.74 Å². The Morgan fingerprint density at radius 3 is 2.62 bits per heavy atom. The number of hydrogen-bond donors (Lipinski definition) is 1. The van der Waals surface area contributed by atoms with Gasteiger partial charge in [-0.15, -0.1) is 0 Å². The minimum absolute atomic E-state index is 0.327. The number of anilines is 1. The molecule has 2 rings (SSSR count). The first kappa shape index (κ1) is 15.5. The maximum absolute atomic E-state index is 11.4. The van der Waals surface area contributed by atoms with E-state index in [1.807, 2.05) is 10.8 Å². The highest BCUT2D eigenvalue weighted by molar-refractivity contribution is 7.90. The van der Waals surface area contributed by atoms with Gasteiger partial charge in [0.05, 0.1) is 11.5 Å². The van der Waals surface area contributed by atoms with Gasteiger partial charge in [0.15, 0.2) is 9.84 Å². The molecule has 1 heterocycles. The molecule has 0 aliphatic heterocycles. The van der Waals surface area contributed by atoms with Gasteiger partial charge < -0.3 is 14.6 Å². The lowest BCUT2D eigenvalue weighted by Crippen LogP contribution is -2.10. The fourth-order valence-electron chi connectivity index (χ4n) is 1.88. The molecule has 0 aliphatic rings. The van der Waals surface area contributed by atoms with Crippen LogP contribution in [0, 0.1) is 0 Å². The van der Waals surface area contributed by atoms with Crippen LogP contribution in [-0.4, -0.2) is 37.9 Å². The zero-order chi connectivity index (χ0) is 15.3. The highest BCUT2D eigenvalue weighted by atomic mass is 32.2. The van der Waals surface area contributed by atoms with Crippen molar-refractivity contribution >= 4 is 15.8 Å². The Balaban J connectivity index is 1.99. The lowest BCUT2D eigenvalue weighted by Gasteiger charge is -2.09. The van der Waals surface area contributed by atoms with Gasteiger partial charge in [0.25, 0.3) is 0 Å². The number of sulfone groups is 1. The van der Waals surface area contributed by atoms with Crippen LogP contribution in [0.3, 0.4) is 0 Å². The van der Waals surface area contributed by atoms with Gasteiger partial charge in [-0.25, -0.2) is 13.4 Å². The summed E-state index contributed by atoms with van der Waals surface area (Å²) in [6.45, 7) is 1.92. The van der Waals surface area contributed by atoms with Crippen molar-refractivity contribution in [2.24, 2.45) is 0 Å². The van der Waals surface area contributed by atoms with Crippen LogP contribution in [-0.2, 0) is 27.7 Å². The van der Waals surface area contributed by atoms with Crippen molar-refractivity contribution in [1.29, 1.82) is 0 Å². The average Bonchev–Trinajstić information content (AvgIpc) is 2.90. The summed E-state index contributed by atoms with van der Waals surface area (Å²) in [6.07, 6.45) is 4.81. The fraction of sp³-hybridized carbons (Fsp3) is 0.357. The maximum Gasteiger partial charge on any atom is 0.203 e. The lowest BCUT2D eigenvalue weighted by molar-refractivity contribution is 0.187. The maximum atomic E-state index is 11.4. The van der Waals surface area contributed by atoms with E-state index in [9.17, 15) is 8.42 Å². The Bertz CT molecular complexity index is 678. The minimum Gasteiger partial charge on any atom is -0.383 e. The van der Waals surface area contributed by atoms with Gasteiger partial charge >= 0.3 is 0 Å². The van der Waals surface area contributed by atoms with E-state index < -0.39 is 9.84 Å². The van der Waals surface area contributed by atoms with E-state index >= 15 is 0 Å². The van der Waals surface area contributed by atoms with Crippen molar-refractivity contribution in [2.75, 3.05) is 25.3 Å². The smallest absolute Gasteiger partial charge is 0.203 e. The molecule has 0 radical (unpaired) electrons. The minimum atomic E-state index is -3.15. The molecule has 0 atom stereocenters. The van der Waals surface area contributed by atoms with E-state index in [2.05, 4.69) is 10.3 Å². The molecule has 0 saturated carbocycles. The number of methoxy groups -OCH3 is 1. The molecule has 0 saturated heterocycles. The number of rotatable bonds is 7. The largest absolute Gasteiger partial charge is 0.383 e. The second kappa shape index (κ2) is 6.73. The number of nitrogens with one attached hydrogen (secondary N) is 1. The number of benzene rings is 1. The normalized spacial score (nSPS) is 11.5. The van der Waals surface area contributed by atoms with Crippen molar-refractivity contribution in [3.8, 4) is 0 Å². The van der Waals surface area contributed by atoms with E-state index in [0.29, 0.717) is 18.0 Å². The van der Waals surface area contributed by atoms with Gasteiger partial charge in [-0.3, -0.25) is 0 Å². The molecule has 1 aromatic heterocycles. The SMILES string of the molecule is COCCn1ccnc1NCc1ccc(S(C)(=O)=O)cc1. The van der Waals surface area contributed by atoms with Gasteiger partial charge in [-0.2, -0.15) is 0 Å². The summed E-state index contributed by atoms with van der Waals surface area (Å²) >= 11 is 0. The van der Waals surface area contributed by atoms with E-state index in [-0.39, 0.29) is 0 Å². The summed E-state index contributed by atoms with van der Waals surface area (Å²) in [5.74, 6) is 0.763. The first-order chi connectivity index (χ1) is 10.0. The Morgan fingerprint density at radius 1 is 1.29 bits per heavy atom. The van der Waals surface area contributed by atoms with Crippen LogP contribution in [0.5, 0.6) is 0 Å². The molecule has 7 heteroatoms. The zero-order valence-corrected chi connectivity index (χ0v) is 12.9. The van der Waals surface area contributed by atoms with Gasteiger partial charge in [0, 0.05) is 38.8 Å². The lowest BCUT2D eigenvalue weighted by atomic mass is 10.2. The number of hydrogen-bond acceptors (Lipinski definition) is 5. The molecular weight excluding hydrogens is 290 g/mol. The predicted molar refractivity (Wildman–Crippen MR) is 81.0 cm³/mol. The summed E-state index contributed by atoms with van der Waals surface area (Å²) < 4.78 is 29.8. The van der Waals surface area contributed by atoms with Crippen LogP contribution >= 0.6 is 0 Å². The summed E-state index contributed by atoms with van der Waals surface area (Å²) in [6, 6.07) is 6.82. The quantitative estimate of drug-likeness (QED) is 0.840. The number of imidazole rings is 1. The van der Waals surface area contributed by atoms with Gasteiger partial charge in [-0.05, 0) is 17.7 Å². The molecule has 0 aliphatic carbocycles. The van der Waals surface area contributed by atoms with Crippen molar-refractivity contribution in [1.82, 2.24) is 9.55 Å². The highest BCUT2D eigenvalue weighted by Crippen LogP contribution is 2.12. The summed E-state index contributed by atoms with van der Waals surface area (Å²) in [5, 5.41) is 3.22. The standard InChI is InChI=1S/C14H19N3O3S/c1-20-10-9-17-8-7-15-14(17)16-11-12-3-5-13(6-4-12)21(2,18)19/h3-8H,9-11H2,1-2H3,(H,15,16). The van der Waals surface area contributed by atoms with Gasteiger partial charge in [0.1, 0.15) is 0 Å². The molecule has 0 amide bonds. The third-order valence-corrected chi connectivity index (χ3v) is 4.18. The van der Waals surface area contributed by atoms with Crippen molar-refractivity contribution in [3.63, 3.8) is 0 Å². The van der Waals surface area contributed by atoms with E-state index in [1.165, 1.54) is 6.26 Å². The molecule has 0 unspecified atom stereocenters. The monoisotopic (exact) mass is 309 g/mol. The molecule has 1 N–H and O–H groups in total. The van der Waals surface area contributed by atoms with Crippen LogP contribution in [0.25, 0.3) is 0 Å². The van der Waals surface area contributed by atoms with Crippen LogP contribution in [0.15, 0.2) is 41.6 Å². The van der Waals surface area contributed by atoms with Crippen LogP contribution in [0.1, 0.15) is 5.56 Å². The number of nitrogens with zero attached hydrogens (tertiary/aromatic N) is 2. The molecule has 6 nitrogen and oxygen atoms in total. The first-order valence-electron chi connectivity index (χ1n) is 6.53. The Hall–Kier alpha value is -1.86. The molecular formula is C14H19N3O3S. The molecule has 0 spiro atoms. The van der Waals surface area contributed by atoms with Crippen molar-refractivity contribution in [2.45, 2.75) is 18.0 Å². The summed E-state index contributed by atoms with van der Waals surface area (Å²) in [5.41, 5.74) is 0.990. The Labute approximate surface area is 124 Å². The van der Waals surface area contributed by atoms with Crippen LogP contribution < -0.4 is 5.32 Å². The van der Waals surface area contributed by atoms with Crippen LogP contribution in [0.2, 0.25) is 0 Å². The van der Waals surface area contributed by atoms with Gasteiger partial charge in [0.2, 0.25) is 5.95 Å².